The topological polar surface area (TPSA) is 224 Å². The van der Waals surface area contributed by atoms with Crippen LogP contribution < -0.4 is 0 Å². The molecule has 0 aromatic carbocycles. The first-order valence-electron chi connectivity index (χ1n) is 5.64. The highest BCUT2D eigenvalue weighted by Gasteiger charge is 2.13. The van der Waals surface area contributed by atoms with Crippen LogP contribution in [0.15, 0.2) is 23.3 Å². The molecular formula is C12H12O12. The van der Waals surface area contributed by atoms with Gasteiger partial charge in [0, 0.05) is 12.2 Å². The summed E-state index contributed by atoms with van der Waals surface area (Å²) in [6, 6.07) is 0. The maximum absolute atomic E-state index is 10.2. The molecule has 6 N–H and O–H groups in total. The van der Waals surface area contributed by atoms with E-state index in [2.05, 4.69) is 0 Å². The molecular weight excluding hydrogens is 336 g/mol. The number of carbonyl (C=O) groups is 6. The van der Waals surface area contributed by atoms with E-state index in [0.29, 0.717) is 12.2 Å². The summed E-state index contributed by atoms with van der Waals surface area (Å²) in [4.78, 5) is 60.3. The molecule has 0 fully saturated rings. The minimum absolute atomic E-state index is 0.358. The second-order valence-corrected chi connectivity index (χ2v) is 3.77. The number of rotatable bonds is 8. The second-order valence-electron chi connectivity index (χ2n) is 3.77. The Kier molecular flexibility index (Phi) is 10.3. The zero-order valence-electron chi connectivity index (χ0n) is 11.7. The summed E-state index contributed by atoms with van der Waals surface area (Å²) in [5.41, 5.74) is -1.31. The average molecular weight is 348 g/mol. The van der Waals surface area contributed by atoms with Crippen molar-refractivity contribution in [1.29, 1.82) is 0 Å². The molecule has 0 aromatic rings. The van der Waals surface area contributed by atoms with E-state index in [0.717, 1.165) is 0 Å². The second kappa shape index (κ2) is 10.9. The van der Waals surface area contributed by atoms with Crippen molar-refractivity contribution in [2.45, 2.75) is 12.8 Å². The lowest BCUT2D eigenvalue weighted by molar-refractivity contribution is -0.140. The van der Waals surface area contributed by atoms with Gasteiger partial charge >= 0.3 is 35.8 Å². The Hall–Kier alpha value is -3.70. The monoisotopic (exact) mass is 348 g/mol. The highest BCUT2D eigenvalue weighted by molar-refractivity contribution is 5.98. The summed E-state index contributed by atoms with van der Waals surface area (Å²) in [6.45, 7) is 0. The van der Waals surface area contributed by atoms with Gasteiger partial charge in [0.05, 0.1) is 24.0 Å². The predicted molar refractivity (Wildman–Crippen MR) is 71.2 cm³/mol. The van der Waals surface area contributed by atoms with E-state index < -0.39 is 59.8 Å². The normalized spacial score (nSPS) is 10.8. The largest absolute Gasteiger partial charge is 0.481 e. The van der Waals surface area contributed by atoms with Crippen molar-refractivity contribution in [1.82, 2.24) is 0 Å². The molecule has 0 heterocycles. The molecule has 0 aliphatic rings. The summed E-state index contributed by atoms with van der Waals surface area (Å²) in [6.07, 6.45) is -0.893. The summed E-state index contributed by atoms with van der Waals surface area (Å²) >= 11 is 0. The summed E-state index contributed by atoms with van der Waals surface area (Å²) in [5, 5.41) is 49.1. The van der Waals surface area contributed by atoms with Crippen molar-refractivity contribution in [2.75, 3.05) is 0 Å². The lowest BCUT2D eigenvalue weighted by Crippen LogP contribution is -2.08. The minimum atomic E-state index is -1.54. The smallest absolute Gasteiger partial charge is 0.332 e. The number of hydrogen-bond acceptors (Lipinski definition) is 6. The van der Waals surface area contributed by atoms with Crippen molar-refractivity contribution in [2.24, 2.45) is 0 Å². The molecule has 12 heteroatoms. The molecule has 0 bridgehead atoms. The fraction of sp³-hybridized carbons (Fsp3) is 0.167. The molecule has 0 saturated heterocycles. The number of carboxylic acids is 6. The van der Waals surface area contributed by atoms with E-state index in [1.807, 2.05) is 0 Å². The van der Waals surface area contributed by atoms with Gasteiger partial charge in [0.2, 0.25) is 0 Å². The van der Waals surface area contributed by atoms with Crippen LogP contribution in [0.25, 0.3) is 0 Å². The van der Waals surface area contributed by atoms with Crippen molar-refractivity contribution in [3.63, 3.8) is 0 Å². The van der Waals surface area contributed by atoms with E-state index in [-0.39, 0.29) is 0 Å². The SMILES string of the molecule is O=C(O)/C=C(\CC(=O)O)C(=O)O.O=C(O)/C=C(\CC(=O)O)C(=O)O. The molecule has 132 valence electrons. The van der Waals surface area contributed by atoms with E-state index in [4.69, 9.17) is 30.6 Å². The lowest BCUT2D eigenvalue weighted by Gasteiger charge is -1.94. The first kappa shape index (κ1) is 22.6. The lowest BCUT2D eigenvalue weighted by atomic mass is 10.2. The van der Waals surface area contributed by atoms with Crippen LogP contribution in [0.3, 0.4) is 0 Å². The van der Waals surface area contributed by atoms with Gasteiger partial charge in [-0.3, -0.25) is 9.59 Å². The van der Waals surface area contributed by atoms with Gasteiger partial charge in [-0.2, -0.15) is 0 Å². The highest BCUT2D eigenvalue weighted by atomic mass is 16.4. The molecule has 0 unspecified atom stereocenters. The molecule has 12 nitrogen and oxygen atoms in total. The van der Waals surface area contributed by atoms with Gasteiger partial charge in [-0.05, 0) is 0 Å². The van der Waals surface area contributed by atoms with Crippen molar-refractivity contribution >= 4 is 35.8 Å². The molecule has 0 aromatic heterocycles. The van der Waals surface area contributed by atoms with Crippen molar-refractivity contribution < 1.29 is 59.4 Å². The standard InChI is InChI=1S/2C6H6O6/c2*7-4(8)1-3(6(11)12)2-5(9)10/h2*1H,2H2,(H,7,8)(H,9,10)(H,11,12)/b2*3-1+. The Balaban J connectivity index is 0. The van der Waals surface area contributed by atoms with Crippen molar-refractivity contribution in [3.8, 4) is 0 Å². The fourth-order valence-electron chi connectivity index (χ4n) is 1.00. The van der Waals surface area contributed by atoms with Crippen LogP contribution in [-0.4, -0.2) is 66.5 Å². The summed E-state index contributed by atoms with van der Waals surface area (Å²) < 4.78 is 0. The Morgan fingerprint density at radius 2 is 0.792 bits per heavy atom. The van der Waals surface area contributed by atoms with Crippen LogP contribution in [0.4, 0.5) is 0 Å². The Morgan fingerprint density at radius 3 is 0.917 bits per heavy atom. The molecule has 0 atom stereocenters. The van der Waals surface area contributed by atoms with E-state index in [9.17, 15) is 28.8 Å². The Morgan fingerprint density at radius 1 is 0.542 bits per heavy atom. The van der Waals surface area contributed by atoms with Gasteiger partial charge in [0.15, 0.2) is 0 Å². The van der Waals surface area contributed by atoms with Gasteiger partial charge in [-0.25, -0.2) is 19.2 Å². The maximum atomic E-state index is 10.2. The third kappa shape index (κ3) is 13.3. The fourth-order valence-corrected chi connectivity index (χ4v) is 1.00. The summed E-state index contributed by atoms with van der Waals surface area (Å²) in [5.74, 6) is -8.81. The van der Waals surface area contributed by atoms with Crippen LogP contribution in [-0.2, 0) is 28.8 Å². The number of aliphatic carboxylic acids is 6. The zero-order chi connectivity index (χ0) is 19.4. The Labute approximate surface area is 132 Å². The van der Waals surface area contributed by atoms with Gasteiger partial charge in [0.25, 0.3) is 0 Å². The van der Waals surface area contributed by atoms with Crippen LogP contribution in [0, 0.1) is 0 Å². The van der Waals surface area contributed by atoms with Crippen LogP contribution in [0.2, 0.25) is 0 Å². The van der Waals surface area contributed by atoms with E-state index in [1.165, 1.54) is 0 Å². The van der Waals surface area contributed by atoms with E-state index >= 15 is 0 Å². The quantitative estimate of drug-likeness (QED) is 0.294. The highest BCUT2D eigenvalue weighted by Crippen LogP contribution is 2.01. The third-order valence-corrected chi connectivity index (χ3v) is 1.83. The average Bonchev–Trinajstić information content (AvgIpc) is 2.35. The van der Waals surface area contributed by atoms with Gasteiger partial charge < -0.3 is 30.6 Å². The molecule has 0 spiro atoms. The van der Waals surface area contributed by atoms with Gasteiger partial charge in [0.1, 0.15) is 0 Å². The molecule has 0 saturated carbocycles. The molecule has 24 heavy (non-hydrogen) atoms. The first-order chi connectivity index (χ1) is 10.9. The third-order valence-electron chi connectivity index (χ3n) is 1.83. The molecule has 0 aliphatic carbocycles. The molecule has 0 aliphatic heterocycles. The maximum Gasteiger partial charge on any atom is 0.332 e. The van der Waals surface area contributed by atoms with E-state index in [1.54, 1.807) is 0 Å². The molecule has 0 rings (SSSR count). The van der Waals surface area contributed by atoms with Crippen LogP contribution in [0.5, 0.6) is 0 Å². The number of carboxylic acid groups (broad SMARTS) is 6. The minimum Gasteiger partial charge on any atom is -0.481 e. The zero-order valence-corrected chi connectivity index (χ0v) is 11.7. The Bertz CT molecular complexity index is 556. The van der Waals surface area contributed by atoms with Gasteiger partial charge in [-0.15, -0.1) is 0 Å². The molecule has 0 radical (unpaired) electrons. The summed E-state index contributed by atoms with van der Waals surface area (Å²) in [7, 11) is 0. The van der Waals surface area contributed by atoms with Crippen LogP contribution >= 0.6 is 0 Å². The number of hydrogen-bond donors (Lipinski definition) is 6. The first-order valence-corrected chi connectivity index (χ1v) is 5.64. The predicted octanol–water partition coefficient (Wildman–Crippen LogP) is -0.887. The van der Waals surface area contributed by atoms with Crippen molar-refractivity contribution in [3.05, 3.63) is 23.3 Å². The van der Waals surface area contributed by atoms with Gasteiger partial charge in [-0.1, -0.05) is 0 Å². The molecule has 0 amide bonds. The van der Waals surface area contributed by atoms with Crippen LogP contribution in [0.1, 0.15) is 12.8 Å².